The van der Waals surface area contributed by atoms with Gasteiger partial charge in [0.1, 0.15) is 6.10 Å². The third-order valence-electron chi connectivity index (χ3n) is 8.13. The van der Waals surface area contributed by atoms with E-state index in [0.29, 0.717) is 11.8 Å². The van der Waals surface area contributed by atoms with Crippen molar-refractivity contribution < 1.29 is 14.6 Å². The average Bonchev–Trinajstić information content (AvgIpc) is 2.82. The van der Waals surface area contributed by atoms with Crippen LogP contribution in [0.3, 0.4) is 0 Å². The Morgan fingerprint density at radius 2 is 1.69 bits per heavy atom. The molecule has 0 spiro atoms. The summed E-state index contributed by atoms with van der Waals surface area (Å²) in [6.45, 7) is 8.69. The Labute approximate surface area is 211 Å². The van der Waals surface area contributed by atoms with Gasteiger partial charge in [-0.25, -0.2) is 0 Å². The predicted octanol–water partition coefficient (Wildman–Crippen LogP) is 5.71. The molecule has 0 amide bonds. The van der Waals surface area contributed by atoms with E-state index in [2.05, 4.69) is 99.0 Å². The highest BCUT2D eigenvalue weighted by atomic mass is 16.5. The van der Waals surface area contributed by atoms with Gasteiger partial charge in [0.15, 0.2) is 0 Å². The van der Waals surface area contributed by atoms with Gasteiger partial charge in [0.2, 0.25) is 0 Å². The lowest BCUT2D eigenvalue weighted by molar-refractivity contribution is -0.148. The second-order valence-electron chi connectivity index (χ2n) is 10.7. The van der Waals surface area contributed by atoms with Crippen molar-refractivity contribution in [1.82, 2.24) is 4.90 Å². The molecular formula is C31H39NO3. The number of ether oxygens (including phenoxy) is 1. The maximum absolute atomic E-state index is 11.8. The Bertz CT molecular complexity index is 981. The van der Waals surface area contributed by atoms with Gasteiger partial charge < -0.3 is 9.84 Å². The maximum Gasteiger partial charge on any atom is 0.303 e. The van der Waals surface area contributed by atoms with Crippen molar-refractivity contribution in [2.24, 2.45) is 23.7 Å². The molecule has 2 aromatic carbocycles. The summed E-state index contributed by atoms with van der Waals surface area (Å²) >= 11 is 0. The van der Waals surface area contributed by atoms with Crippen LogP contribution in [0.15, 0.2) is 72.3 Å². The molecule has 4 nitrogen and oxygen atoms in total. The second kappa shape index (κ2) is 10.7. The normalized spacial score (nSPS) is 29.4. The number of rotatable bonds is 7. The van der Waals surface area contributed by atoms with Crippen molar-refractivity contribution in [3.8, 4) is 0 Å². The van der Waals surface area contributed by atoms with Crippen LogP contribution >= 0.6 is 0 Å². The molecule has 0 unspecified atom stereocenters. The first-order chi connectivity index (χ1) is 16.7. The zero-order chi connectivity index (χ0) is 25.2. The Morgan fingerprint density at radius 3 is 2.23 bits per heavy atom. The van der Waals surface area contributed by atoms with E-state index < -0.39 is 11.7 Å². The van der Waals surface area contributed by atoms with Crippen molar-refractivity contribution in [2.75, 3.05) is 13.6 Å². The molecule has 2 aliphatic rings. The van der Waals surface area contributed by atoms with Gasteiger partial charge in [0.05, 0.1) is 18.1 Å². The summed E-state index contributed by atoms with van der Waals surface area (Å²) in [4.78, 5) is 14.1. The average molecular weight is 474 g/mol. The smallest absolute Gasteiger partial charge is 0.303 e. The van der Waals surface area contributed by atoms with E-state index in [1.165, 1.54) is 18.1 Å². The van der Waals surface area contributed by atoms with Crippen LogP contribution in [0.4, 0.5) is 0 Å². The van der Waals surface area contributed by atoms with Crippen molar-refractivity contribution in [3.05, 3.63) is 89.9 Å². The minimum Gasteiger partial charge on any atom is -0.457 e. The lowest BCUT2D eigenvalue weighted by Gasteiger charge is -2.52. The van der Waals surface area contributed by atoms with Crippen LogP contribution < -0.4 is 0 Å². The van der Waals surface area contributed by atoms with Crippen LogP contribution in [0.5, 0.6) is 0 Å². The molecule has 1 N–H and O–H groups in total. The fourth-order valence-corrected chi connectivity index (χ4v) is 6.27. The van der Waals surface area contributed by atoms with Gasteiger partial charge >= 0.3 is 5.97 Å². The fraction of sp³-hybridized carbons (Fsp3) is 0.484. The summed E-state index contributed by atoms with van der Waals surface area (Å²) in [5.41, 5.74) is 2.43. The highest BCUT2D eigenvalue weighted by molar-refractivity contribution is 5.66. The molecular weight excluding hydrogens is 434 g/mol. The monoisotopic (exact) mass is 473 g/mol. The molecule has 1 saturated carbocycles. The Kier molecular flexibility index (Phi) is 7.83. The molecule has 0 heterocycles. The summed E-state index contributed by atoms with van der Waals surface area (Å²) in [5, 5.41) is 11.8. The van der Waals surface area contributed by atoms with Crippen LogP contribution in [0.1, 0.15) is 57.7 Å². The number of aliphatic hydroxyl groups is 1. The molecule has 1 fully saturated rings. The third-order valence-corrected chi connectivity index (χ3v) is 8.13. The number of esters is 1. The summed E-state index contributed by atoms with van der Waals surface area (Å²) in [7, 11) is 2.20. The highest BCUT2D eigenvalue weighted by Gasteiger charge is 2.53. The number of nitrogens with zero attached hydrogens (tertiary/aromatic N) is 1. The predicted molar refractivity (Wildman–Crippen MR) is 139 cm³/mol. The molecule has 0 aliphatic heterocycles. The number of hydrogen-bond donors (Lipinski definition) is 1. The first-order valence-corrected chi connectivity index (χ1v) is 12.9. The van der Waals surface area contributed by atoms with Gasteiger partial charge in [0, 0.05) is 19.4 Å². The Hall–Kier alpha value is -2.43. The van der Waals surface area contributed by atoms with Crippen molar-refractivity contribution in [2.45, 2.75) is 58.3 Å². The molecule has 2 aromatic rings. The molecule has 6 atom stereocenters. The van der Waals surface area contributed by atoms with Crippen LogP contribution in [-0.4, -0.2) is 41.3 Å². The molecule has 0 saturated heterocycles. The minimum absolute atomic E-state index is 0.0339. The highest BCUT2D eigenvalue weighted by Crippen LogP contribution is 2.51. The van der Waals surface area contributed by atoms with E-state index in [-0.39, 0.29) is 23.8 Å². The van der Waals surface area contributed by atoms with E-state index in [4.69, 9.17) is 4.74 Å². The first-order valence-electron chi connectivity index (χ1n) is 12.9. The van der Waals surface area contributed by atoms with Gasteiger partial charge in [-0.2, -0.15) is 0 Å². The molecule has 4 heteroatoms. The fourth-order valence-electron chi connectivity index (χ4n) is 6.27. The zero-order valence-corrected chi connectivity index (χ0v) is 21.6. The molecule has 2 aliphatic carbocycles. The number of benzene rings is 2. The first kappa shape index (κ1) is 25.7. The Balaban J connectivity index is 1.58. The zero-order valence-electron chi connectivity index (χ0n) is 21.6. The van der Waals surface area contributed by atoms with Crippen LogP contribution in [0.2, 0.25) is 0 Å². The molecule has 186 valence electrons. The molecule has 35 heavy (non-hydrogen) atoms. The van der Waals surface area contributed by atoms with Crippen molar-refractivity contribution >= 4 is 5.97 Å². The quantitative estimate of drug-likeness (QED) is 0.413. The molecule has 0 aromatic heterocycles. The summed E-state index contributed by atoms with van der Waals surface area (Å²) < 4.78 is 5.47. The minimum atomic E-state index is -1.09. The van der Waals surface area contributed by atoms with Crippen LogP contribution in [0, 0.1) is 30.1 Å². The second-order valence-corrected chi connectivity index (χ2v) is 10.7. The van der Waals surface area contributed by atoms with Gasteiger partial charge in [-0.3, -0.25) is 9.69 Å². The number of carbonyl (C=O) groups is 1. The molecule has 0 bridgehead atoms. The summed E-state index contributed by atoms with van der Waals surface area (Å²) in [5.74, 6) is 0.354. The van der Waals surface area contributed by atoms with Crippen molar-refractivity contribution in [3.63, 3.8) is 0 Å². The van der Waals surface area contributed by atoms with Crippen molar-refractivity contribution in [1.29, 1.82) is 0 Å². The third kappa shape index (κ3) is 5.39. The standard InChI is InChI=1S/C31H39NO3/c1-21-18-28-27(17-16-23(3)31(28,34)19-29(21)35-24(4)33)22(2)20-32(5)30(25-12-8-6-9-13-25)26-14-10-7-11-15-26/h6-15,18,22-23,27-30,34H,16-17,20H2,1-5H3/t22-,23-,27+,28-,29-,31-/m1/s1. The van der Waals surface area contributed by atoms with Gasteiger partial charge in [-0.1, -0.05) is 80.6 Å². The number of hydrogen-bond acceptors (Lipinski definition) is 4. The lowest BCUT2D eigenvalue weighted by Crippen LogP contribution is -2.56. The van der Waals surface area contributed by atoms with E-state index in [1.54, 1.807) is 0 Å². The van der Waals surface area contributed by atoms with Crippen LogP contribution in [-0.2, 0) is 9.53 Å². The van der Waals surface area contributed by atoms with Crippen LogP contribution in [0.25, 0.3) is 0 Å². The maximum atomic E-state index is 11.8. The van der Waals surface area contributed by atoms with E-state index >= 15 is 0 Å². The van der Waals surface area contributed by atoms with E-state index in [0.717, 1.165) is 25.0 Å². The summed E-state index contributed by atoms with van der Waals surface area (Å²) in [6.07, 6.45) is 6.88. The Morgan fingerprint density at radius 1 is 1.11 bits per heavy atom. The van der Waals surface area contributed by atoms with Gasteiger partial charge in [0.25, 0.3) is 0 Å². The lowest BCUT2D eigenvalue weighted by atomic mass is 9.57. The summed E-state index contributed by atoms with van der Waals surface area (Å²) in [6, 6.07) is 21.5. The van der Waals surface area contributed by atoms with Gasteiger partial charge in [-0.05, 0) is 61.3 Å². The van der Waals surface area contributed by atoms with Gasteiger partial charge in [-0.15, -0.1) is 0 Å². The molecule has 4 rings (SSSR count). The topological polar surface area (TPSA) is 49.8 Å². The number of carbonyl (C=O) groups excluding carboxylic acids is 1. The van der Waals surface area contributed by atoms with E-state index in [1.807, 2.05) is 6.92 Å². The largest absolute Gasteiger partial charge is 0.457 e. The van der Waals surface area contributed by atoms with E-state index in [9.17, 15) is 9.90 Å². The SMILES string of the molecule is CC(=O)O[C@@H]1[C][C@@]2(O)[C@H](C)CC[C@@H]([C@H](C)CN(C)C(c3ccccc3)c3ccccc3)[C@H]2C=C1C. The molecule has 2 radical (unpaired) electrons. The number of fused-ring (bicyclic) bond motifs is 1.